The molecule has 1 aliphatic heterocycles. The number of nitrogens with zero attached hydrogens (tertiary/aromatic N) is 1. The number of fused-ring (bicyclic) bond motifs is 1. The van der Waals surface area contributed by atoms with E-state index in [0.717, 1.165) is 17.7 Å². The summed E-state index contributed by atoms with van der Waals surface area (Å²) in [5.41, 5.74) is 2.22. The molecule has 0 unspecified atom stereocenters. The van der Waals surface area contributed by atoms with Crippen LogP contribution in [0.5, 0.6) is 0 Å². The van der Waals surface area contributed by atoms with Crippen molar-refractivity contribution >= 4 is 35.1 Å². The summed E-state index contributed by atoms with van der Waals surface area (Å²) in [5.74, 6) is -1.63. The van der Waals surface area contributed by atoms with Gasteiger partial charge in [-0.1, -0.05) is 55.8 Å². The number of benzene rings is 2. The van der Waals surface area contributed by atoms with Crippen LogP contribution in [0.2, 0.25) is 5.02 Å². The normalized spacial score (nSPS) is 13.7. The molecule has 2 aromatic carbocycles. The van der Waals surface area contributed by atoms with Gasteiger partial charge in [-0.25, -0.2) is 4.79 Å². The van der Waals surface area contributed by atoms with Crippen LogP contribution in [-0.2, 0) is 20.7 Å². The Morgan fingerprint density at radius 1 is 1.10 bits per heavy atom. The number of hydrogen-bond acceptors (Lipinski definition) is 4. The van der Waals surface area contributed by atoms with E-state index in [2.05, 4.69) is 5.32 Å². The fourth-order valence-electron chi connectivity index (χ4n) is 3.26. The fourth-order valence-corrected chi connectivity index (χ4v) is 3.48. The van der Waals surface area contributed by atoms with Crippen molar-refractivity contribution in [2.75, 3.05) is 18.1 Å². The monoisotopic (exact) mass is 414 g/mol. The number of esters is 1. The van der Waals surface area contributed by atoms with E-state index in [9.17, 15) is 14.4 Å². The molecule has 0 aliphatic carbocycles. The number of anilines is 1. The van der Waals surface area contributed by atoms with Gasteiger partial charge in [0.1, 0.15) is 6.04 Å². The Morgan fingerprint density at radius 3 is 2.52 bits per heavy atom. The number of halogens is 1. The molecule has 29 heavy (non-hydrogen) atoms. The van der Waals surface area contributed by atoms with Crippen molar-refractivity contribution in [2.45, 2.75) is 26.3 Å². The number of rotatable bonds is 6. The van der Waals surface area contributed by atoms with E-state index in [1.807, 2.05) is 24.3 Å². The van der Waals surface area contributed by atoms with Gasteiger partial charge >= 0.3 is 5.97 Å². The first-order valence-corrected chi connectivity index (χ1v) is 9.86. The number of amides is 2. The number of para-hydroxylation sites is 1. The molecule has 6 nitrogen and oxygen atoms in total. The highest BCUT2D eigenvalue weighted by Gasteiger charge is 2.29. The summed E-state index contributed by atoms with van der Waals surface area (Å²) < 4.78 is 5.24. The summed E-state index contributed by atoms with van der Waals surface area (Å²) in [6.45, 7) is 3.76. The average Bonchev–Trinajstić information content (AvgIpc) is 3.14. The molecule has 1 atom stereocenters. The summed E-state index contributed by atoms with van der Waals surface area (Å²) in [7, 11) is 0. The van der Waals surface area contributed by atoms with Gasteiger partial charge < -0.3 is 15.0 Å². The molecule has 0 aromatic heterocycles. The largest absolute Gasteiger partial charge is 0.454 e. The molecular weight excluding hydrogens is 392 g/mol. The summed E-state index contributed by atoms with van der Waals surface area (Å²) in [6.07, 6.45) is 0.776. The number of carbonyl (C=O) groups excluding carboxylic acids is 3. The van der Waals surface area contributed by atoms with E-state index < -0.39 is 17.9 Å². The molecule has 0 radical (unpaired) electrons. The van der Waals surface area contributed by atoms with E-state index in [1.165, 1.54) is 0 Å². The van der Waals surface area contributed by atoms with Gasteiger partial charge in [0.05, 0.1) is 10.6 Å². The van der Waals surface area contributed by atoms with Gasteiger partial charge in [-0.2, -0.15) is 0 Å². The zero-order chi connectivity index (χ0) is 21.0. The van der Waals surface area contributed by atoms with Gasteiger partial charge in [0, 0.05) is 12.2 Å². The Balaban J connectivity index is 1.61. The predicted octanol–water partition coefficient (Wildman–Crippen LogP) is 3.23. The van der Waals surface area contributed by atoms with Crippen molar-refractivity contribution in [3.05, 3.63) is 64.7 Å². The molecule has 0 fully saturated rings. The maximum absolute atomic E-state index is 12.6. The van der Waals surface area contributed by atoms with Crippen molar-refractivity contribution in [1.82, 2.24) is 5.32 Å². The van der Waals surface area contributed by atoms with Gasteiger partial charge in [-0.3, -0.25) is 9.59 Å². The Hall–Kier alpha value is -2.86. The average molecular weight is 415 g/mol. The summed E-state index contributed by atoms with van der Waals surface area (Å²) in [5, 5.41) is 2.95. The summed E-state index contributed by atoms with van der Waals surface area (Å²) in [6, 6.07) is 13.4. The highest BCUT2D eigenvalue weighted by molar-refractivity contribution is 6.33. The maximum Gasteiger partial charge on any atom is 0.329 e. The Morgan fingerprint density at radius 2 is 1.79 bits per heavy atom. The molecule has 0 bridgehead atoms. The van der Waals surface area contributed by atoms with Crippen LogP contribution in [0.25, 0.3) is 0 Å². The molecule has 1 aliphatic rings. The molecule has 7 heteroatoms. The maximum atomic E-state index is 12.6. The molecule has 2 amide bonds. The van der Waals surface area contributed by atoms with Crippen molar-refractivity contribution in [3.63, 3.8) is 0 Å². The minimum absolute atomic E-state index is 0.225. The fraction of sp³-hybridized carbons (Fsp3) is 0.318. The topological polar surface area (TPSA) is 75.7 Å². The number of carbonyl (C=O) groups is 3. The van der Waals surface area contributed by atoms with Gasteiger partial charge in [-0.15, -0.1) is 0 Å². The van der Waals surface area contributed by atoms with Gasteiger partial charge in [0.25, 0.3) is 11.8 Å². The van der Waals surface area contributed by atoms with Crippen molar-refractivity contribution in [3.8, 4) is 0 Å². The second-order valence-electron chi connectivity index (χ2n) is 7.21. The van der Waals surface area contributed by atoms with Crippen LogP contribution in [-0.4, -0.2) is 37.0 Å². The Bertz CT molecular complexity index is 929. The van der Waals surface area contributed by atoms with Crippen LogP contribution >= 0.6 is 11.6 Å². The molecule has 0 saturated heterocycles. The van der Waals surface area contributed by atoms with E-state index in [1.54, 1.807) is 43.0 Å². The molecule has 152 valence electrons. The summed E-state index contributed by atoms with van der Waals surface area (Å²) >= 11 is 6.05. The zero-order valence-corrected chi connectivity index (χ0v) is 17.1. The van der Waals surface area contributed by atoms with E-state index in [4.69, 9.17) is 16.3 Å². The van der Waals surface area contributed by atoms with Crippen LogP contribution in [0, 0.1) is 5.92 Å². The molecule has 2 aromatic rings. The lowest BCUT2D eigenvalue weighted by molar-refractivity contribution is -0.150. The van der Waals surface area contributed by atoms with Gasteiger partial charge in [0.2, 0.25) is 0 Å². The lowest BCUT2D eigenvalue weighted by Crippen LogP contribution is -2.46. The molecule has 1 heterocycles. The van der Waals surface area contributed by atoms with Crippen molar-refractivity contribution in [1.29, 1.82) is 0 Å². The predicted molar refractivity (Wildman–Crippen MR) is 111 cm³/mol. The number of ether oxygens (including phenoxy) is 1. The lowest BCUT2D eigenvalue weighted by atomic mass is 10.0. The summed E-state index contributed by atoms with van der Waals surface area (Å²) in [4.78, 5) is 39.2. The Labute approximate surface area is 174 Å². The van der Waals surface area contributed by atoms with Crippen LogP contribution in [0.3, 0.4) is 0 Å². The molecular formula is C22H23ClN2O4. The van der Waals surface area contributed by atoms with Crippen molar-refractivity contribution in [2.24, 2.45) is 5.92 Å². The van der Waals surface area contributed by atoms with Gasteiger partial charge in [0.15, 0.2) is 6.61 Å². The smallest absolute Gasteiger partial charge is 0.329 e. The standard InChI is InChI=1S/C22H23ClN2O4/c1-14(2)20(24-21(27)16-8-4-5-9-17(16)23)22(28)29-13-19(26)25-12-11-15-7-3-6-10-18(15)25/h3-10,14,20H,11-13H2,1-2H3,(H,24,27)/t20-/m0/s1. The quantitative estimate of drug-likeness (QED) is 0.736. The molecule has 0 saturated carbocycles. The third-order valence-electron chi connectivity index (χ3n) is 4.85. The van der Waals surface area contributed by atoms with Crippen LogP contribution in [0.1, 0.15) is 29.8 Å². The first kappa shape index (κ1) is 20.9. The molecule has 1 N–H and O–H groups in total. The lowest BCUT2D eigenvalue weighted by Gasteiger charge is -2.22. The van der Waals surface area contributed by atoms with Crippen LogP contribution < -0.4 is 10.2 Å². The van der Waals surface area contributed by atoms with E-state index in [-0.39, 0.29) is 24.0 Å². The number of hydrogen-bond donors (Lipinski definition) is 1. The molecule has 3 rings (SSSR count). The number of nitrogens with one attached hydrogen (secondary N) is 1. The highest BCUT2D eigenvalue weighted by Crippen LogP contribution is 2.27. The van der Waals surface area contributed by atoms with Crippen LogP contribution in [0.4, 0.5) is 5.69 Å². The second-order valence-corrected chi connectivity index (χ2v) is 7.61. The third-order valence-corrected chi connectivity index (χ3v) is 5.18. The van der Waals surface area contributed by atoms with Gasteiger partial charge in [-0.05, 0) is 36.1 Å². The second kappa shape index (κ2) is 9.09. The SMILES string of the molecule is CC(C)[C@H](NC(=O)c1ccccc1Cl)C(=O)OCC(=O)N1CCc2ccccc21. The van der Waals surface area contributed by atoms with Crippen molar-refractivity contribution < 1.29 is 19.1 Å². The van der Waals surface area contributed by atoms with E-state index in [0.29, 0.717) is 11.6 Å². The minimum Gasteiger partial charge on any atom is -0.454 e. The zero-order valence-electron chi connectivity index (χ0n) is 16.4. The first-order valence-electron chi connectivity index (χ1n) is 9.48. The van der Waals surface area contributed by atoms with Crippen LogP contribution in [0.15, 0.2) is 48.5 Å². The molecule has 0 spiro atoms. The minimum atomic E-state index is -0.891. The highest BCUT2D eigenvalue weighted by atomic mass is 35.5. The first-order chi connectivity index (χ1) is 13.9. The van der Waals surface area contributed by atoms with E-state index >= 15 is 0 Å². The Kier molecular flexibility index (Phi) is 6.54. The third kappa shape index (κ3) is 4.77.